The fourth-order valence-corrected chi connectivity index (χ4v) is 2.99. The summed E-state index contributed by atoms with van der Waals surface area (Å²) in [6.45, 7) is 0. The maximum absolute atomic E-state index is 3.58. The predicted octanol–water partition coefficient (Wildman–Crippen LogP) is 4.68. The van der Waals surface area contributed by atoms with E-state index in [2.05, 4.69) is 62.4 Å². The van der Waals surface area contributed by atoms with Gasteiger partial charge in [-0.25, -0.2) is 0 Å². The molecule has 0 aliphatic carbocycles. The van der Waals surface area contributed by atoms with Gasteiger partial charge in [0.1, 0.15) is 0 Å². The minimum absolute atomic E-state index is 0.639. The van der Waals surface area contributed by atoms with Gasteiger partial charge < -0.3 is 0 Å². The molecule has 78 valence electrons. The van der Waals surface area contributed by atoms with Crippen LogP contribution in [0, 0.1) is 0 Å². The highest BCUT2D eigenvalue weighted by Gasteiger charge is 2.09. The zero-order valence-electron chi connectivity index (χ0n) is 8.17. The molecule has 0 spiro atoms. The molecule has 1 rings (SSSR count). The first-order valence-electron chi connectivity index (χ1n) is 4.58. The van der Waals surface area contributed by atoms with Crippen LogP contribution in [0.2, 0.25) is 0 Å². The molecule has 1 atom stereocenters. The van der Waals surface area contributed by atoms with Crippen LogP contribution in [0.25, 0.3) is 0 Å². The quantitative estimate of drug-likeness (QED) is 0.703. The van der Waals surface area contributed by atoms with Gasteiger partial charge in [-0.05, 0) is 42.0 Å². The first-order chi connectivity index (χ1) is 6.77. The van der Waals surface area contributed by atoms with E-state index in [0.717, 1.165) is 5.33 Å². The molecule has 3 heteroatoms. The molecule has 0 heterocycles. The van der Waals surface area contributed by atoms with Gasteiger partial charge in [0, 0.05) is 9.80 Å². The Morgan fingerprint density at radius 1 is 1.43 bits per heavy atom. The second-order valence-electron chi connectivity index (χ2n) is 3.19. The molecule has 1 aromatic rings. The lowest BCUT2D eigenvalue weighted by Gasteiger charge is -2.13. The first-order valence-corrected chi connectivity index (χ1v) is 7.89. The molecule has 0 saturated heterocycles. The van der Waals surface area contributed by atoms with Crippen LogP contribution < -0.4 is 0 Å². The summed E-state index contributed by atoms with van der Waals surface area (Å²) in [5.74, 6) is 1.86. The van der Waals surface area contributed by atoms with Crippen molar-refractivity contribution in [3.05, 3.63) is 34.3 Å². The fraction of sp³-hybridized carbons (Fsp3) is 0.455. The van der Waals surface area contributed by atoms with E-state index in [4.69, 9.17) is 0 Å². The van der Waals surface area contributed by atoms with Crippen molar-refractivity contribution in [3.63, 3.8) is 0 Å². The molecule has 0 aromatic heterocycles. The lowest BCUT2D eigenvalue weighted by molar-refractivity contribution is 0.756. The molecule has 0 nitrogen and oxygen atoms in total. The number of hydrogen-bond acceptors (Lipinski definition) is 1. The van der Waals surface area contributed by atoms with E-state index >= 15 is 0 Å². The van der Waals surface area contributed by atoms with Crippen LogP contribution in [0.3, 0.4) is 0 Å². The summed E-state index contributed by atoms with van der Waals surface area (Å²) in [5, 5.41) is 1.05. The van der Waals surface area contributed by atoms with Crippen molar-refractivity contribution in [2.75, 3.05) is 17.3 Å². The maximum Gasteiger partial charge on any atom is 0.0178 e. The van der Waals surface area contributed by atoms with Crippen molar-refractivity contribution in [2.45, 2.75) is 12.3 Å². The Hall–Kier alpha value is 0.530. The monoisotopic (exact) mass is 336 g/mol. The van der Waals surface area contributed by atoms with E-state index in [-0.39, 0.29) is 0 Å². The molecule has 14 heavy (non-hydrogen) atoms. The van der Waals surface area contributed by atoms with Crippen molar-refractivity contribution in [3.8, 4) is 0 Å². The van der Waals surface area contributed by atoms with Crippen molar-refractivity contribution < 1.29 is 0 Å². The van der Waals surface area contributed by atoms with Gasteiger partial charge in [0.05, 0.1) is 0 Å². The van der Waals surface area contributed by atoms with Gasteiger partial charge in [-0.2, -0.15) is 11.8 Å². The van der Waals surface area contributed by atoms with Crippen LogP contribution >= 0.6 is 43.6 Å². The highest BCUT2D eigenvalue weighted by Crippen LogP contribution is 2.25. The van der Waals surface area contributed by atoms with E-state index in [1.165, 1.54) is 22.2 Å². The zero-order valence-corrected chi connectivity index (χ0v) is 12.2. The minimum Gasteiger partial charge on any atom is -0.165 e. The van der Waals surface area contributed by atoms with Crippen LogP contribution in [0.5, 0.6) is 0 Å². The molecule has 0 saturated carbocycles. The van der Waals surface area contributed by atoms with Crippen LogP contribution in [0.4, 0.5) is 0 Å². The zero-order chi connectivity index (χ0) is 10.4. The van der Waals surface area contributed by atoms with Gasteiger partial charge in [0.2, 0.25) is 0 Å². The van der Waals surface area contributed by atoms with Crippen molar-refractivity contribution in [1.29, 1.82) is 0 Å². The number of rotatable bonds is 5. The van der Waals surface area contributed by atoms with Crippen molar-refractivity contribution >= 4 is 43.6 Å². The van der Waals surface area contributed by atoms with Crippen LogP contribution in [0.15, 0.2) is 28.7 Å². The summed E-state index contributed by atoms with van der Waals surface area (Å²) >= 11 is 9.00. The Balaban J connectivity index is 2.68. The summed E-state index contributed by atoms with van der Waals surface area (Å²) in [6, 6.07) is 8.60. The molecule has 0 bridgehead atoms. The van der Waals surface area contributed by atoms with Crippen LogP contribution in [-0.2, 0) is 0 Å². The SMILES string of the molecule is CSCCC(CBr)c1cccc(Br)c1. The highest BCUT2D eigenvalue weighted by atomic mass is 79.9. The fourth-order valence-electron chi connectivity index (χ4n) is 1.35. The summed E-state index contributed by atoms with van der Waals surface area (Å²) in [4.78, 5) is 0. The predicted molar refractivity (Wildman–Crippen MR) is 73.7 cm³/mol. The van der Waals surface area contributed by atoms with E-state index in [1.807, 2.05) is 11.8 Å². The third-order valence-electron chi connectivity index (χ3n) is 2.18. The van der Waals surface area contributed by atoms with Gasteiger partial charge >= 0.3 is 0 Å². The van der Waals surface area contributed by atoms with Crippen molar-refractivity contribution in [2.24, 2.45) is 0 Å². The molecule has 0 N–H and O–H groups in total. The third-order valence-corrected chi connectivity index (χ3v) is 4.10. The molecule has 1 unspecified atom stereocenters. The Bertz CT molecular complexity index is 276. The van der Waals surface area contributed by atoms with Gasteiger partial charge in [-0.3, -0.25) is 0 Å². The Morgan fingerprint density at radius 3 is 2.79 bits per heavy atom. The second kappa shape index (κ2) is 6.91. The molecule has 0 fully saturated rings. The van der Waals surface area contributed by atoms with E-state index in [9.17, 15) is 0 Å². The second-order valence-corrected chi connectivity index (χ2v) is 5.74. The van der Waals surface area contributed by atoms with Gasteiger partial charge in [0.25, 0.3) is 0 Å². The van der Waals surface area contributed by atoms with E-state index in [1.54, 1.807) is 0 Å². The molecular weight excluding hydrogens is 324 g/mol. The average Bonchev–Trinajstić information content (AvgIpc) is 2.19. The Kier molecular flexibility index (Phi) is 6.22. The van der Waals surface area contributed by atoms with Gasteiger partial charge in [0.15, 0.2) is 0 Å². The summed E-state index contributed by atoms with van der Waals surface area (Å²) < 4.78 is 1.17. The molecule has 0 radical (unpaired) electrons. The van der Waals surface area contributed by atoms with Crippen molar-refractivity contribution in [1.82, 2.24) is 0 Å². The van der Waals surface area contributed by atoms with Gasteiger partial charge in [-0.1, -0.05) is 44.0 Å². The van der Waals surface area contributed by atoms with Crippen LogP contribution in [0.1, 0.15) is 17.9 Å². The summed E-state index contributed by atoms with van der Waals surface area (Å²) in [5.41, 5.74) is 1.42. The topological polar surface area (TPSA) is 0 Å². The normalized spacial score (nSPS) is 12.8. The molecule has 0 aliphatic rings. The first kappa shape index (κ1) is 12.6. The van der Waals surface area contributed by atoms with E-state index in [0.29, 0.717) is 5.92 Å². The molecular formula is C11H14Br2S. The number of hydrogen-bond donors (Lipinski definition) is 0. The Morgan fingerprint density at radius 2 is 2.21 bits per heavy atom. The van der Waals surface area contributed by atoms with Gasteiger partial charge in [-0.15, -0.1) is 0 Å². The average molecular weight is 338 g/mol. The number of alkyl halides is 1. The number of thioether (sulfide) groups is 1. The molecule has 0 aliphatic heterocycles. The standard InChI is InChI=1S/C11H14Br2S/c1-14-6-5-10(8-12)9-3-2-4-11(13)7-9/h2-4,7,10H,5-6,8H2,1H3. The summed E-state index contributed by atoms with van der Waals surface area (Å²) in [6.07, 6.45) is 3.40. The largest absolute Gasteiger partial charge is 0.165 e. The maximum atomic E-state index is 3.58. The Labute approximate surface area is 107 Å². The van der Waals surface area contributed by atoms with E-state index < -0.39 is 0 Å². The smallest absolute Gasteiger partial charge is 0.0178 e. The van der Waals surface area contributed by atoms with Crippen LogP contribution in [-0.4, -0.2) is 17.3 Å². The number of benzene rings is 1. The number of halogens is 2. The third kappa shape index (κ3) is 3.95. The molecule has 1 aromatic carbocycles. The minimum atomic E-state index is 0.639. The highest BCUT2D eigenvalue weighted by molar-refractivity contribution is 9.10. The lowest BCUT2D eigenvalue weighted by atomic mass is 9.99. The summed E-state index contributed by atoms with van der Waals surface area (Å²) in [7, 11) is 0. The lowest BCUT2D eigenvalue weighted by Crippen LogP contribution is -2.01. The molecule has 0 amide bonds.